The average molecular weight is 1880 g/mol. The zero-order chi connectivity index (χ0) is 95.6. The first kappa shape index (κ1) is 113. The molecule has 7 saturated heterocycles. The summed E-state index contributed by atoms with van der Waals surface area (Å²) >= 11 is 0. The summed E-state index contributed by atoms with van der Waals surface area (Å²) in [4.78, 5) is 65.0. The number of ether oxygens (including phenoxy) is 14. The molecule has 45 heteroatoms. The van der Waals surface area contributed by atoms with Gasteiger partial charge in [0, 0.05) is 33.6 Å². The molecule has 0 aromatic carbocycles. The fourth-order valence-electron chi connectivity index (χ4n) is 17.3. The molecule has 0 aromatic rings. The Bertz CT molecular complexity index is 3260. The third kappa shape index (κ3) is 31.9. The molecular formula is C85H150N4O41. The number of amides is 4. The SMILES string of the molecule is CCCCCCCCCCCCC/C=C/[C@@H](O)[C@H](CO[C@@H]1O[C@H](CO)[C@@H](O[C@@H]2O[C@H](CO)[C@H](O)[C@H](O[C@@H]3O[C@H](CO)[C@@H](O[C@@H]4O[C@H](CO)[C@H](O)[C@H](O[C@@H]5O[C@H](CO)[C@@H](O[C@@H]6O[C@H](CO)[C@H](O)[C@H](O[C@]7(C(=O)O)C[C@H](O)[C@@H](NC(C)=O)[C@H]([C@H](O)[C@H](O)CO)O7)[C@H]6O)[C@H](O)[C@H]5NC(C)=O)[C@H]4O)[C@H](O)[C@H]3NC(C)=O)[C@H]2O)[C@H](O)[C@H]1O)NC(=O)CCCCCCCCCCCCCCC. The normalized spacial score (nSPS) is 37.7. The number of aliphatic carboxylic acids is 1. The average Bonchev–Trinajstić information content (AvgIpc) is 0.745. The lowest BCUT2D eigenvalue weighted by Crippen LogP contribution is -2.71. The highest BCUT2D eigenvalue weighted by molar-refractivity contribution is 5.77. The summed E-state index contributed by atoms with van der Waals surface area (Å²) in [6.45, 7) is -1.01. The van der Waals surface area contributed by atoms with E-state index in [1.165, 1.54) is 89.9 Å². The van der Waals surface area contributed by atoms with Crippen molar-refractivity contribution in [2.45, 2.75) is 440 Å². The van der Waals surface area contributed by atoms with E-state index in [1.807, 2.05) is 6.08 Å². The Morgan fingerprint density at radius 3 is 1.13 bits per heavy atom. The van der Waals surface area contributed by atoms with Crippen LogP contribution in [0.5, 0.6) is 0 Å². The molecule has 0 aliphatic carbocycles. The molecule has 7 aliphatic rings. The first-order chi connectivity index (χ1) is 62.1. The van der Waals surface area contributed by atoms with Crippen LogP contribution in [-0.2, 0) is 90.3 Å². The molecule has 26 N–H and O–H groups in total. The topological polar surface area (TPSA) is 708 Å². The lowest BCUT2D eigenvalue weighted by Gasteiger charge is -2.51. The second-order valence-corrected chi connectivity index (χ2v) is 34.9. The summed E-state index contributed by atoms with van der Waals surface area (Å²) in [6.07, 6.45) is -37.9. The quantitative estimate of drug-likeness (QED) is 0.0199. The van der Waals surface area contributed by atoms with Crippen molar-refractivity contribution < 1.29 is 203 Å². The highest BCUT2D eigenvalue weighted by atomic mass is 16.8. The molecule has 0 spiro atoms. The predicted molar refractivity (Wildman–Crippen MR) is 446 cm³/mol. The maximum absolute atomic E-state index is 13.6. The van der Waals surface area contributed by atoms with E-state index in [1.54, 1.807) is 6.08 Å². The first-order valence-corrected chi connectivity index (χ1v) is 46.1. The minimum absolute atomic E-state index is 0.152. The van der Waals surface area contributed by atoms with Crippen LogP contribution in [0.15, 0.2) is 12.2 Å². The summed E-state index contributed by atoms with van der Waals surface area (Å²) in [5, 5.41) is 258. The minimum Gasteiger partial charge on any atom is -0.477 e. The molecule has 0 unspecified atom stereocenters. The zero-order valence-electron chi connectivity index (χ0n) is 74.9. The van der Waals surface area contributed by atoms with Crippen molar-refractivity contribution in [2.75, 3.05) is 52.9 Å². The van der Waals surface area contributed by atoms with E-state index in [-0.39, 0.29) is 12.3 Å². The van der Waals surface area contributed by atoms with E-state index in [0.29, 0.717) is 12.8 Å². The third-order valence-corrected chi connectivity index (χ3v) is 24.7. The van der Waals surface area contributed by atoms with Crippen LogP contribution in [0.2, 0.25) is 0 Å². The maximum atomic E-state index is 13.6. The monoisotopic (exact) mass is 1880 g/mol. The molecule has 7 rings (SSSR count). The lowest BCUT2D eigenvalue weighted by atomic mass is 9.88. The standard InChI is InChI=1S/C85H150N4O41/c1-6-8-10-12-14-16-18-20-22-24-26-28-30-32-47(100)46(89-56(103)33-31-29-27-25-23-21-19-17-15-13-11-9-7-2)42-117-80-67(111)66(110)73(55(41-96)123-80)126-82-69(113)76(62(106)51(37-92)119-82)128-78-58(87-44(4)98)64(108)71(53(39-94)121-78)124-81-68(112)75(61(105)50(36-91)118-81)127-79-59(88-45(5)99)65(109)72(54(40-95)122-79)125-83-70(114)77(63(107)52(38-93)120-83)130-85(84(115)116)34-48(101)57(86-43(3)97)74(129-85)60(104)49(102)35-90/h30,32,46-55,57-83,90-96,100-102,104-114H,6-29,31,33-42H2,1-5H3,(H,86,97)(H,87,98)(H,88,99)(H,89,103)(H,115,116)/b32-30+/t46-,47+,48-,49+,50+,51+,52+,53+,54+,55+,57+,58+,59+,60+,61-,62-,63-,64+,65+,66+,67+,68+,69+,70+,71+,72+,73+,74+,75-,76-,77-,78-,79-,80+,81-,82-,83-,85-/m0/s1. The van der Waals surface area contributed by atoms with Crippen LogP contribution in [0.1, 0.15) is 208 Å². The summed E-state index contributed by atoms with van der Waals surface area (Å²) in [6, 6.07) is -6.68. The Kier molecular flexibility index (Phi) is 49.5. The van der Waals surface area contributed by atoms with Gasteiger partial charge in [-0.3, -0.25) is 19.2 Å². The fraction of sp³-hybridized carbons (Fsp3) is 0.918. The van der Waals surface area contributed by atoms with Crippen molar-refractivity contribution in [1.82, 2.24) is 21.3 Å². The summed E-state index contributed by atoms with van der Waals surface area (Å²) in [7, 11) is 0. The molecule has 4 amide bonds. The van der Waals surface area contributed by atoms with Gasteiger partial charge in [-0.15, -0.1) is 0 Å². The molecule has 0 radical (unpaired) electrons. The number of carboxylic acids is 1. The molecule has 0 bridgehead atoms. The van der Waals surface area contributed by atoms with Gasteiger partial charge in [-0.25, -0.2) is 4.79 Å². The number of carbonyl (C=O) groups is 5. The number of rotatable bonds is 57. The maximum Gasteiger partial charge on any atom is 0.364 e. The Morgan fingerprint density at radius 2 is 0.746 bits per heavy atom. The molecule has 0 aromatic heterocycles. The molecule has 7 aliphatic heterocycles. The van der Waals surface area contributed by atoms with Gasteiger partial charge in [-0.1, -0.05) is 167 Å². The summed E-state index contributed by atoms with van der Waals surface area (Å²) in [5.41, 5.74) is 0. The number of nitrogens with one attached hydrogen (secondary N) is 4. The number of hydrogen-bond acceptors (Lipinski definition) is 40. The molecule has 38 atom stereocenters. The second-order valence-electron chi connectivity index (χ2n) is 34.9. The fourth-order valence-corrected chi connectivity index (χ4v) is 17.3. The van der Waals surface area contributed by atoms with Gasteiger partial charge in [0.15, 0.2) is 37.7 Å². The molecule has 7 fully saturated rings. The van der Waals surface area contributed by atoms with Gasteiger partial charge in [0.1, 0.15) is 165 Å². The lowest BCUT2D eigenvalue weighted by molar-refractivity contribution is -0.391. The highest BCUT2D eigenvalue weighted by Gasteiger charge is 2.63. The van der Waals surface area contributed by atoms with Crippen molar-refractivity contribution in [3.05, 3.63) is 12.2 Å². The number of carboxylic acid groups (broad SMARTS) is 1. The Morgan fingerprint density at radius 1 is 0.400 bits per heavy atom. The van der Waals surface area contributed by atoms with Crippen LogP contribution in [-0.4, -0.2) is 427 Å². The van der Waals surface area contributed by atoms with Crippen LogP contribution in [0, 0.1) is 0 Å². The molecule has 7 heterocycles. The van der Waals surface area contributed by atoms with Crippen molar-refractivity contribution >= 4 is 29.6 Å². The number of hydrogen-bond donors (Lipinski definition) is 26. The third-order valence-electron chi connectivity index (χ3n) is 24.7. The van der Waals surface area contributed by atoms with Gasteiger partial charge in [0.2, 0.25) is 23.6 Å². The van der Waals surface area contributed by atoms with Gasteiger partial charge in [0.25, 0.3) is 5.79 Å². The van der Waals surface area contributed by atoms with Crippen LogP contribution in [0.3, 0.4) is 0 Å². The highest BCUT2D eigenvalue weighted by Crippen LogP contribution is 2.42. The Balaban J connectivity index is 1.01. The van der Waals surface area contributed by atoms with Crippen molar-refractivity contribution in [3.63, 3.8) is 0 Å². The smallest absolute Gasteiger partial charge is 0.364 e. The Labute approximate surface area is 756 Å². The van der Waals surface area contributed by atoms with Gasteiger partial charge < -0.3 is 200 Å². The number of allylic oxidation sites excluding steroid dienone is 1. The van der Waals surface area contributed by atoms with Crippen LogP contribution in [0.25, 0.3) is 0 Å². The first-order valence-electron chi connectivity index (χ1n) is 46.1. The van der Waals surface area contributed by atoms with E-state index in [4.69, 9.17) is 66.3 Å². The number of carbonyl (C=O) groups excluding carboxylic acids is 4. The Hall–Kier alpha value is -4.31. The molecule has 0 saturated carbocycles. The van der Waals surface area contributed by atoms with Crippen LogP contribution < -0.4 is 21.3 Å². The number of aliphatic hydroxyl groups is 21. The number of unbranched alkanes of at least 4 members (excludes halogenated alkanes) is 23. The summed E-state index contributed by atoms with van der Waals surface area (Å²) in [5.74, 6) is -8.44. The van der Waals surface area contributed by atoms with E-state index in [9.17, 15) is 136 Å². The molecule has 130 heavy (non-hydrogen) atoms. The summed E-state index contributed by atoms with van der Waals surface area (Å²) < 4.78 is 82.9. The minimum atomic E-state index is -3.25. The van der Waals surface area contributed by atoms with Gasteiger partial charge in [-0.2, -0.15) is 0 Å². The van der Waals surface area contributed by atoms with Crippen molar-refractivity contribution in [2.24, 2.45) is 0 Å². The van der Waals surface area contributed by atoms with E-state index in [2.05, 4.69) is 35.1 Å². The second kappa shape index (κ2) is 57.2. The molecule has 45 nitrogen and oxygen atoms in total. The molecular weight excluding hydrogens is 1730 g/mol. The largest absolute Gasteiger partial charge is 0.477 e. The molecule has 756 valence electrons. The van der Waals surface area contributed by atoms with Gasteiger partial charge in [-0.05, 0) is 19.3 Å². The van der Waals surface area contributed by atoms with E-state index in [0.717, 1.165) is 78.6 Å². The predicted octanol–water partition coefficient (Wildman–Crippen LogP) is -6.03. The van der Waals surface area contributed by atoms with Gasteiger partial charge >= 0.3 is 5.97 Å². The van der Waals surface area contributed by atoms with Crippen LogP contribution >= 0.6 is 0 Å². The zero-order valence-corrected chi connectivity index (χ0v) is 74.9. The van der Waals surface area contributed by atoms with E-state index < -0.39 is 315 Å². The van der Waals surface area contributed by atoms with Gasteiger partial charge in [0.05, 0.1) is 77.1 Å². The van der Waals surface area contributed by atoms with Crippen molar-refractivity contribution in [3.8, 4) is 0 Å². The van der Waals surface area contributed by atoms with Crippen molar-refractivity contribution in [1.29, 1.82) is 0 Å². The number of aliphatic hydroxyl groups excluding tert-OH is 21. The van der Waals surface area contributed by atoms with Crippen LogP contribution in [0.4, 0.5) is 0 Å². The van der Waals surface area contributed by atoms with E-state index >= 15 is 0 Å².